The molecule has 0 amide bonds. The fourth-order valence-corrected chi connectivity index (χ4v) is 1.41. The summed E-state index contributed by atoms with van der Waals surface area (Å²) in [5.41, 5.74) is 0.775. The minimum atomic E-state index is 0.612. The van der Waals surface area contributed by atoms with Gasteiger partial charge in [-0.2, -0.15) is 4.36 Å². The lowest BCUT2D eigenvalue weighted by Gasteiger charge is -2.06. The Morgan fingerprint density at radius 1 is 1.31 bits per heavy atom. The molecule has 2 aromatic rings. The van der Waals surface area contributed by atoms with Gasteiger partial charge in [0, 0.05) is 24.8 Å². The summed E-state index contributed by atoms with van der Waals surface area (Å²) in [7, 11) is 0. The highest BCUT2D eigenvalue weighted by Crippen LogP contribution is 2.17. The smallest absolute Gasteiger partial charge is 0.119 e. The fourth-order valence-electron chi connectivity index (χ4n) is 1.29. The molecular formula is C11H11N3OS. The molecule has 0 spiro atoms. The van der Waals surface area contributed by atoms with Crippen LogP contribution in [0.15, 0.2) is 47.3 Å². The number of aromatic nitrogens is 2. The van der Waals surface area contributed by atoms with Gasteiger partial charge in [0.15, 0.2) is 0 Å². The minimum absolute atomic E-state index is 0.612. The summed E-state index contributed by atoms with van der Waals surface area (Å²) in [6.07, 6.45) is 5.42. The van der Waals surface area contributed by atoms with Crippen LogP contribution in [0.2, 0.25) is 0 Å². The van der Waals surface area contributed by atoms with Crippen molar-refractivity contribution in [2.45, 2.75) is 6.54 Å². The van der Waals surface area contributed by atoms with E-state index in [4.69, 9.17) is 4.74 Å². The van der Waals surface area contributed by atoms with Crippen molar-refractivity contribution in [2.24, 2.45) is 4.36 Å². The van der Waals surface area contributed by atoms with Crippen molar-refractivity contribution in [1.82, 2.24) is 9.55 Å². The van der Waals surface area contributed by atoms with Crippen LogP contribution in [0.3, 0.4) is 0 Å². The zero-order valence-corrected chi connectivity index (χ0v) is 9.43. The van der Waals surface area contributed by atoms with E-state index in [0.717, 1.165) is 18.0 Å². The molecule has 16 heavy (non-hydrogen) atoms. The van der Waals surface area contributed by atoms with Gasteiger partial charge in [0.05, 0.1) is 18.6 Å². The van der Waals surface area contributed by atoms with E-state index in [1.807, 2.05) is 35.0 Å². The average molecular weight is 233 g/mol. The molecule has 0 aliphatic carbocycles. The molecule has 1 heterocycles. The van der Waals surface area contributed by atoms with Gasteiger partial charge in [0.1, 0.15) is 12.4 Å². The molecule has 5 heteroatoms. The van der Waals surface area contributed by atoms with Crippen LogP contribution in [0.25, 0.3) is 0 Å². The summed E-state index contributed by atoms with van der Waals surface area (Å²) in [4.78, 5) is 3.95. The number of hydrogen-bond acceptors (Lipinski definition) is 4. The maximum absolute atomic E-state index is 5.55. The lowest BCUT2D eigenvalue weighted by Crippen LogP contribution is -2.06. The molecule has 82 valence electrons. The van der Waals surface area contributed by atoms with Crippen LogP contribution in [-0.2, 0) is 19.0 Å². The van der Waals surface area contributed by atoms with Gasteiger partial charge in [-0.05, 0) is 24.3 Å². The summed E-state index contributed by atoms with van der Waals surface area (Å²) in [5, 5.41) is 0. The molecule has 1 aromatic heterocycles. The van der Waals surface area contributed by atoms with E-state index < -0.39 is 0 Å². The van der Waals surface area contributed by atoms with Gasteiger partial charge < -0.3 is 9.30 Å². The van der Waals surface area contributed by atoms with Crippen molar-refractivity contribution in [2.75, 3.05) is 6.61 Å². The van der Waals surface area contributed by atoms with Crippen LogP contribution in [0.5, 0.6) is 5.75 Å². The van der Waals surface area contributed by atoms with E-state index in [2.05, 4.69) is 21.8 Å². The Morgan fingerprint density at radius 3 is 2.75 bits per heavy atom. The lowest BCUT2D eigenvalue weighted by atomic mass is 10.3. The summed E-state index contributed by atoms with van der Waals surface area (Å²) >= 11 is 4.58. The maximum atomic E-state index is 5.55. The van der Waals surface area contributed by atoms with Gasteiger partial charge in [-0.3, -0.25) is 0 Å². The number of ether oxygens (including phenoxy) is 1. The van der Waals surface area contributed by atoms with E-state index in [1.165, 1.54) is 0 Å². The second-order valence-corrected chi connectivity index (χ2v) is 3.42. The molecule has 0 radical (unpaired) electrons. The van der Waals surface area contributed by atoms with Crippen LogP contribution >= 0.6 is 0 Å². The molecule has 0 atom stereocenters. The Labute approximate surface area is 99.1 Å². The van der Waals surface area contributed by atoms with Crippen LogP contribution in [0.1, 0.15) is 0 Å². The summed E-state index contributed by atoms with van der Waals surface area (Å²) < 4.78 is 11.2. The molecule has 1 aromatic carbocycles. The summed E-state index contributed by atoms with van der Waals surface area (Å²) in [6, 6.07) is 7.39. The van der Waals surface area contributed by atoms with Gasteiger partial charge in [0.2, 0.25) is 0 Å². The van der Waals surface area contributed by atoms with Gasteiger partial charge >= 0.3 is 0 Å². The first-order valence-electron chi connectivity index (χ1n) is 4.90. The second kappa shape index (κ2) is 5.37. The van der Waals surface area contributed by atoms with E-state index in [9.17, 15) is 0 Å². The van der Waals surface area contributed by atoms with Crippen LogP contribution < -0.4 is 4.74 Å². The third kappa shape index (κ3) is 2.87. The largest absolute Gasteiger partial charge is 0.492 e. The Morgan fingerprint density at radius 2 is 2.12 bits per heavy atom. The van der Waals surface area contributed by atoms with Crippen molar-refractivity contribution in [3.63, 3.8) is 0 Å². The molecule has 0 bridgehead atoms. The molecule has 0 unspecified atom stereocenters. The minimum Gasteiger partial charge on any atom is -0.492 e. The Kier molecular flexibility index (Phi) is 3.61. The van der Waals surface area contributed by atoms with E-state index in [1.54, 1.807) is 12.5 Å². The van der Waals surface area contributed by atoms with Crippen molar-refractivity contribution in [3.8, 4) is 5.75 Å². The molecule has 0 fully saturated rings. The fraction of sp³-hybridized carbons (Fsp3) is 0.182. The van der Waals surface area contributed by atoms with Crippen molar-refractivity contribution in [1.29, 1.82) is 0 Å². The first-order chi connectivity index (χ1) is 7.88. The highest BCUT2D eigenvalue weighted by atomic mass is 32.1. The van der Waals surface area contributed by atoms with Crippen LogP contribution in [-0.4, -0.2) is 16.2 Å². The van der Waals surface area contributed by atoms with Crippen molar-refractivity contribution >= 4 is 18.1 Å². The highest BCUT2D eigenvalue weighted by molar-refractivity contribution is 7.47. The average Bonchev–Trinajstić information content (AvgIpc) is 2.83. The monoisotopic (exact) mass is 233 g/mol. The molecule has 2 rings (SSSR count). The first-order valence-corrected chi connectivity index (χ1v) is 5.27. The predicted molar refractivity (Wildman–Crippen MR) is 63.6 cm³/mol. The highest BCUT2D eigenvalue weighted by Gasteiger charge is 1.95. The third-order valence-corrected chi connectivity index (χ3v) is 2.33. The molecule has 0 saturated carbocycles. The Hall–Kier alpha value is -1.75. The second-order valence-electron chi connectivity index (χ2n) is 3.23. The molecule has 0 N–H and O–H groups in total. The number of hydrogen-bond donors (Lipinski definition) is 0. The molecule has 0 saturated heterocycles. The van der Waals surface area contributed by atoms with Gasteiger partial charge in [0.25, 0.3) is 0 Å². The van der Waals surface area contributed by atoms with Gasteiger partial charge in [-0.15, -0.1) is 0 Å². The number of rotatable bonds is 5. The zero-order valence-electron chi connectivity index (χ0n) is 8.61. The maximum Gasteiger partial charge on any atom is 0.119 e. The van der Waals surface area contributed by atoms with Crippen molar-refractivity contribution < 1.29 is 4.74 Å². The number of imidazole rings is 1. The van der Waals surface area contributed by atoms with Crippen LogP contribution in [0.4, 0.5) is 5.69 Å². The zero-order chi connectivity index (χ0) is 11.2. The normalized spacial score (nSPS) is 10.0. The van der Waals surface area contributed by atoms with Crippen molar-refractivity contribution in [3.05, 3.63) is 43.0 Å². The SMILES string of the molecule is S=Nc1ccc(OCCn2ccnc2)cc1. The lowest BCUT2D eigenvalue weighted by molar-refractivity contribution is 0.298. The molecule has 4 nitrogen and oxygen atoms in total. The van der Waals surface area contributed by atoms with Gasteiger partial charge in [-0.1, -0.05) is 0 Å². The van der Waals surface area contributed by atoms with E-state index in [0.29, 0.717) is 6.61 Å². The Bertz CT molecular complexity index is 439. The number of benzene rings is 1. The van der Waals surface area contributed by atoms with Gasteiger partial charge in [-0.25, -0.2) is 4.98 Å². The first kappa shape index (κ1) is 10.8. The predicted octanol–water partition coefficient (Wildman–Crippen LogP) is 2.32. The molecule has 0 aliphatic heterocycles. The summed E-state index contributed by atoms with van der Waals surface area (Å²) in [5.74, 6) is 0.822. The summed E-state index contributed by atoms with van der Waals surface area (Å²) in [6.45, 7) is 1.40. The third-order valence-electron chi connectivity index (χ3n) is 2.12. The molecule has 0 aliphatic rings. The Balaban J connectivity index is 1.83. The van der Waals surface area contributed by atoms with E-state index >= 15 is 0 Å². The topological polar surface area (TPSA) is 39.4 Å². The molecular weight excluding hydrogens is 222 g/mol. The quantitative estimate of drug-likeness (QED) is 0.795. The van der Waals surface area contributed by atoms with E-state index in [-0.39, 0.29) is 0 Å². The van der Waals surface area contributed by atoms with Crippen LogP contribution in [0, 0.1) is 0 Å². The standard InChI is InChI=1S/C11H11N3OS/c16-13-10-1-3-11(4-2-10)15-8-7-14-6-5-12-9-14/h1-6,9H,7-8H2. The number of nitrogens with zero attached hydrogens (tertiary/aromatic N) is 3.